The number of amides is 1. The van der Waals surface area contributed by atoms with Crippen LogP contribution in [-0.2, 0) is 29.2 Å². The van der Waals surface area contributed by atoms with Crippen LogP contribution in [0.3, 0.4) is 0 Å². The molecule has 0 saturated carbocycles. The molecule has 1 atom stereocenters. The van der Waals surface area contributed by atoms with Crippen LogP contribution in [0.1, 0.15) is 81.0 Å². The molecule has 1 amide bonds. The van der Waals surface area contributed by atoms with Crippen LogP contribution >= 0.6 is 0 Å². The van der Waals surface area contributed by atoms with Crippen molar-refractivity contribution in [3.63, 3.8) is 0 Å². The molecule has 2 aromatic rings. The first-order valence-electron chi connectivity index (χ1n) is 12.7. The Bertz CT molecular complexity index is 1040. The number of carbonyl (C=O) groups excluding carboxylic acids is 1. The molecule has 3 rings (SSSR count). The van der Waals surface area contributed by atoms with Gasteiger partial charge in [0.15, 0.2) is 0 Å². The second kappa shape index (κ2) is 12.8. The first-order chi connectivity index (χ1) is 17.3. The number of ether oxygens (including phenoxy) is 2. The zero-order valence-corrected chi connectivity index (χ0v) is 22.3. The summed E-state index contributed by atoms with van der Waals surface area (Å²) in [5.41, 5.74) is 3.70. The van der Waals surface area contributed by atoms with E-state index in [1.165, 1.54) is 5.56 Å². The lowest BCUT2D eigenvalue weighted by Gasteiger charge is -2.35. The first-order valence-corrected chi connectivity index (χ1v) is 12.7. The zero-order valence-electron chi connectivity index (χ0n) is 22.3. The van der Waals surface area contributed by atoms with Crippen molar-refractivity contribution >= 4 is 18.2 Å². The van der Waals surface area contributed by atoms with Crippen LogP contribution in [0.2, 0.25) is 0 Å². The lowest BCUT2D eigenvalue weighted by Crippen LogP contribution is -2.35. The highest BCUT2D eigenvalue weighted by atomic mass is 16.6. The Labute approximate surface area is 215 Å². The molecule has 0 fully saturated rings. The van der Waals surface area contributed by atoms with E-state index in [2.05, 4.69) is 34.0 Å². The van der Waals surface area contributed by atoms with Crippen LogP contribution in [0.25, 0.3) is 12.2 Å². The Kier molecular flexibility index (Phi) is 9.84. The number of aryl methyl sites for hydroxylation is 1. The number of nitrogens with one attached hydrogen (secondary N) is 1. The fourth-order valence-electron chi connectivity index (χ4n) is 4.70. The number of unbranched alkanes of at least 4 members (excludes halogenated alkanes) is 1. The molecule has 8 nitrogen and oxygen atoms in total. The van der Waals surface area contributed by atoms with Crippen molar-refractivity contribution in [3.05, 3.63) is 60.0 Å². The maximum absolute atomic E-state index is 12.0. The van der Waals surface area contributed by atoms with E-state index in [0.29, 0.717) is 19.8 Å². The smallest absolute Gasteiger partial charge is 0.407 e. The molecule has 1 N–H and O–H groups in total. The topological polar surface area (TPSA) is 81.5 Å². The molecule has 1 aliphatic rings. The van der Waals surface area contributed by atoms with Crippen LogP contribution < -0.4 is 5.32 Å². The normalized spacial score (nSPS) is 15.4. The average Bonchev–Trinajstić information content (AvgIpc) is 3.18. The van der Waals surface area contributed by atoms with Gasteiger partial charge in [0.1, 0.15) is 18.2 Å². The predicted octanol–water partition coefficient (Wildman–Crippen LogP) is 5.35. The van der Waals surface area contributed by atoms with Crippen molar-refractivity contribution in [2.45, 2.75) is 77.8 Å². The molecule has 0 bridgehead atoms. The van der Waals surface area contributed by atoms with E-state index < -0.39 is 5.60 Å². The number of rotatable bonds is 12. The minimum atomic E-state index is -0.499. The van der Waals surface area contributed by atoms with Crippen molar-refractivity contribution in [1.82, 2.24) is 24.8 Å². The molecule has 2 aromatic heterocycles. The number of nitrogens with zero attached hydrogens (tertiary/aromatic N) is 4. The second-order valence-corrected chi connectivity index (χ2v) is 10.1. The highest BCUT2D eigenvalue weighted by molar-refractivity contribution is 5.67. The van der Waals surface area contributed by atoms with Crippen LogP contribution in [0.5, 0.6) is 0 Å². The maximum Gasteiger partial charge on any atom is 0.407 e. The van der Waals surface area contributed by atoms with Gasteiger partial charge in [-0.25, -0.2) is 9.78 Å². The average molecular weight is 496 g/mol. The van der Waals surface area contributed by atoms with Gasteiger partial charge in [0.05, 0.1) is 29.7 Å². The number of hydrogen-bond donors (Lipinski definition) is 1. The predicted molar refractivity (Wildman–Crippen MR) is 143 cm³/mol. The van der Waals surface area contributed by atoms with Crippen molar-refractivity contribution in [2.75, 3.05) is 20.2 Å². The quantitative estimate of drug-likeness (QED) is 0.400. The number of fused-ring (bicyclic) bond motifs is 1. The van der Waals surface area contributed by atoms with Gasteiger partial charge in [0.25, 0.3) is 0 Å². The van der Waals surface area contributed by atoms with Crippen molar-refractivity contribution in [3.8, 4) is 0 Å². The molecular formula is C28H41N5O3. The summed E-state index contributed by atoms with van der Waals surface area (Å²) in [5, 5.41) is 2.86. The molecule has 8 heteroatoms. The number of aromatic nitrogens is 3. The zero-order chi connectivity index (χ0) is 26.1. The molecule has 36 heavy (non-hydrogen) atoms. The summed E-state index contributed by atoms with van der Waals surface area (Å²) in [7, 11) is 1.68. The summed E-state index contributed by atoms with van der Waals surface area (Å²) in [6.07, 6.45) is 10.1. The molecular weight excluding hydrogens is 454 g/mol. The number of imidazole rings is 1. The Morgan fingerprint density at radius 1 is 1.31 bits per heavy atom. The van der Waals surface area contributed by atoms with E-state index in [1.54, 1.807) is 19.3 Å². The fourth-order valence-corrected chi connectivity index (χ4v) is 4.70. The Hall–Kier alpha value is -2.97. The SMILES string of the molecule is C=Cc1nc(CN(CCCCNC(=O)OC(C)(C)C)C2CCCc3cccnc32)n(COC)c1C=C. The van der Waals surface area contributed by atoms with Gasteiger partial charge >= 0.3 is 6.09 Å². The number of alkyl carbamates (subject to hydrolysis) is 1. The van der Waals surface area contributed by atoms with Gasteiger partial charge in [-0.1, -0.05) is 19.2 Å². The Morgan fingerprint density at radius 2 is 2.11 bits per heavy atom. The third kappa shape index (κ3) is 7.27. The standard InChI is InChI=1S/C28H41N5O3/c1-7-22-23(8-2)33(20-35-6)25(31-22)19-32(18-10-9-16-30-27(34)36-28(3,4)5)24-15-11-13-21-14-12-17-29-26(21)24/h7-8,12,14,17,24H,1-2,9-11,13,15-16,18-20H2,3-6H3,(H,30,34). The molecule has 0 radical (unpaired) electrons. The largest absolute Gasteiger partial charge is 0.444 e. The van der Waals surface area contributed by atoms with Crippen molar-refractivity contribution < 1.29 is 14.3 Å². The minimum Gasteiger partial charge on any atom is -0.444 e. The second-order valence-electron chi connectivity index (χ2n) is 10.1. The van der Waals surface area contributed by atoms with Crippen molar-refractivity contribution in [2.24, 2.45) is 0 Å². The first kappa shape index (κ1) is 27.6. The van der Waals surface area contributed by atoms with E-state index >= 15 is 0 Å². The van der Waals surface area contributed by atoms with E-state index in [9.17, 15) is 4.79 Å². The monoisotopic (exact) mass is 495 g/mol. The lowest BCUT2D eigenvalue weighted by atomic mass is 9.90. The molecule has 0 spiro atoms. The number of pyridine rings is 1. The fraction of sp³-hybridized carbons (Fsp3) is 0.536. The minimum absolute atomic E-state index is 0.209. The lowest BCUT2D eigenvalue weighted by molar-refractivity contribution is 0.0526. The highest BCUT2D eigenvalue weighted by Gasteiger charge is 2.28. The molecule has 196 valence electrons. The van der Waals surface area contributed by atoms with E-state index in [-0.39, 0.29) is 12.1 Å². The summed E-state index contributed by atoms with van der Waals surface area (Å²) in [4.78, 5) is 24.1. The summed E-state index contributed by atoms with van der Waals surface area (Å²) in [6.45, 7) is 16.0. The van der Waals surface area contributed by atoms with Crippen LogP contribution in [-0.4, -0.2) is 51.3 Å². The van der Waals surface area contributed by atoms with Gasteiger partial charge in [-0.2, -0.15) is 0 Å². The number of hydrogen-bond acceptors (Lipinski definition) is 6. The van der Waals surface area contributed by atoms with Crippen LogP contribution in [0, 0.1) is 0 Å². The number of methoxy groups -OCH3 is 1. The van der Waals surface area contributed by atoms with E-state index in [0.717, 1.165) is 61.6 Å². The summed E-state index contributed by atoms with van der Waals surface area (Å²) in [6, 6.07) is 4.42. The van der Waals surface area contributed by atoms with E-state index in [1.807, 2.05) is 33.0 Å². The summed E-state index contributed by atoms with van der Waals surface area (Å²) >= 11 is 0. The molecule has 2 heterocycles. The molecule has 1 unspecified atom stereocenters. The summed E-state index contributed by atoms with van der Waals surface area (Å²) in [5.74, 6) is 0.914. The van der Waals surface area contributed by atoms with Gasteiger partial charge < -0.3 is 19.4 Å². The highest BCUT2D eigenvalue weighted by Crippen LogP contribution is 2.34. The van der Waals surface area contributed by atoms with Gasteiger partial charge in [-0.15, -0.1) is 0 Å². The molecule has 0 aliphatic heterocycles. The third-order valence-corrected chi connectivity index (χ3v) is 6.25. The third-order valence-electron chi connectivity index (χ3n) is 6.25. The molecule has 0 aromatic carbocycles. The Balaban J connectivity index is 1.76. The summed E-state index contributed by atoms with van der Waals surface area (Å²) < 4.78 is 12.9. The van der Waals surface area contributed by atoms with Gasteiger partial charge in [0, 0.05) is 19.9 Å². The number of carbonyl (C=O) groups is 1. The van der Waals surface area contributed by atoms with Crippen molar-refractivity contribution in [1.29, 1.82) is 0 Å². The molecule has 1 aliphatic carbocycles. The van der Waals surface area contributed by atoms with Gasteiger partial charge in [-0.05, 0) is 83.2 Å². The Morgan fingerprint density at radius 3 is 2.81 bits per heavy atom. The van der Waals surface area contributed by atoms with E-state index in [4.69, 9.17) is 19.4 Å². The van der Waals surface area contributed by atoms with Crippen LogP contribution in [0.4, 0.5) is 4.79 Å². The maximum atomic E-state index is 12.0. The van der Waals surface area contributed by atoms with Crippen LogP contribution in [0.15, 0.2) is 31.5 Å². The van der Waals surface area contributed by atoms with Gasteiger partial charge in [-0.3, -0.25) is 9.88 Å². The molecule has 0 saturated heterocycles. The van der Waals surface area contributed by atoms with Gasteiger partial charge in [0.2, 0.25) is 0 Å².